The summed E-state index contributed by atoms with van der Waals surface area (Å²) < 4.78 is 8.00. The minimum atomic E-state index is -1.29. The molecule has 2 rings (SSSR count). The number of esters is 1. The van der Waals surface area contributed by atoms with Gasteiger partial charge in [0.05, 0.1) is 12.0 Å². The molecule has 1 fully saturated rings. The Bertz CT molecular complexity index is 473. The molecule has 0 radical (unpaired) electrons. The van der Waals surface area contributed by atoms with Crippen molar-refractivity contribution in [3.63, 3.8) is 0 Å². The van der Waals surface area contributed by atoms with E-state index in [4.69, 9.17) is 4.74 Å². The molecule has 1 aliphatic rings. The third-order valence-corrected chi connectivity index (χ3v) is 6.90. The van der Waals surface area contributed by atoms with Crippen LogP contribution in [-0.2, 0) is 14.9 Å². The van der Waals surface area contributed by atoms with Gasteiger partial charge < -0.3 is 9.30 Å². The number of piperidine rings is 1. The van der Waals surface area contributed by atoms with Gasteiger partial charge in [0.15, 0.2) is 0 Å². The molecule has 116 valence electrons. The van der Waals surface area contributed by atoms with E-state index in [-0.39, 0.29) is 5.97 Å². The van der Waals surface area contributed by atoms with Gasteiger partial charge in [0.1, 0.15) is 8.24 Å². The van der Waals surface area contributed by atoms with Crippen LogP contribution < -0.4 is 0 Å². The highest BCUT2D eigenvalue weighted by Gasteiger charge is 2.45. The first-order valence-electron chi connectivity index (χ1n) is 7.88. The van der Waals surface area contributed by atoms with Gasteiger partial charge in [-0.25, -0.2) is 0 Å². The summed E-state index contributed by atoms with van der Waals surface area (Å²) in [6.07, 6.45) is 1.72. The second-order valence-corrected chi connectivity index (χ2v) is 11.8. The van der Waals surface area contributed by atoms with Crippen LogP contribution in [0.2, 0.25) is 19.6 Å². The molecule has 0 N–H and O–H groups in total. The van der Waals surface area contributed by atoms with E-state index in [1.165, 1.54) is 0 Å². The highest BCUT2D eigenvalue weighted by atomic mass is 28.3. The topological polar surface area (TPSA) is 29.5 Å². The highest BCUT2D eigenvalue weighted by Crippen LogP contribution is 2.38. The van der Waals surface area contributed by atoms with E-state index < -0.39 is 13.7 Å². The zero-order valence-electron chi connectivity index (χ0n) is 13.7. The van der Waals surface area contributed by atoms with Crippen LogP contribution in [0.25, 0.3) is 0 Å². The number of nitrogens with zero attached hydrogens (tertiary/aromatic N) is 1. The maximum Gasteiger partial charge on any atom is 0.316 e. The number of hydrogen-bond donors (Lipinski definition) is 0. The second kappa shape index (κ2) is 6.32. The summed E-state index contributed by atoms with van der Waals surface area (Å²) in [5.41, 5.74) is 0.659. The molecule has 4 heteroatoms. The molecule has 0 bridgehead atoms. The molecular weight excluding hydrogens is 278 g/mol. The SMILES string of the molecule is CCOC(=O)C1(c2ccccc2)CCN([Si](C)(C)C)CC1. The zero-order chi connectivity index (χ0) is 15.5. The minimum absolute atomic E-state index is 0.0496. The summed E-state index contributed by atoms with van der Waals surface area (Å²) in [4.78, 5) is 12.6. The van der Waals surface area contributed by atoms with E-state index >= 15 is 0 Å². The summed E-state index contributed by atoms with van der Waals surface area (Å²) in [6, 6.07) is 10.2. The number of hydrogen-bond acceptors (Lipinski definition) is 3. The van der Waals surface area contributed by atoms with E-state index in [0.29, 0.717) is 6.61 Å². The molecule has 0 spiro atoms. The van der Waals surface area contributed by atoms with Crippen molar-refractivity contribution in [2.75, 3.05) is 19.7 Å². The zero-order valence-corrected chi connectivity index (χ0v) is 14.7. The van der Waals surface area contributed by atoms with E-state index in [1.54, 1.807) is 0 Å². The molecule has 0 atom stereocenters. The number of ether oxygens (including phenoxy) is 1. The smallest absolute Gasteiger partial charge is 0.316 e. The first-order chi connectivity index (χ1) is 9.90. The number of carbonyl (C=O) groups is 1. The van der Waals surface area contributed by atoms with Crippen molar-refractivity contribution >= 4 is 14.2 Å². The van der Waals surface area contributed by atoms with Gasteiger partial charge in [-0.2, -0.15) is 0 Å². The molecule has 1 aliphatic heterocycles. The summed E-state index contributed by atoms with van der Waals surface area (Å²) in [6.45, 7) is 11.4. The molecule has 21 heavy (non-hydrogen) atoms. The van der Waals surface area contributed by atoms with Gasteiger partial charge in [-0.1, -0.05) is 50.0 Å². The Kier molecular flexibility index (Phi) is 4.89. The fourth-order valence-electron chi connectivity index (χ4n) is 3.20. The van der Waals surface area contributed by atoms with Crippen molar-refractivity contribution in [1.82, 2.24) is 4.57 Å². The largest absolute Gasteiger partial charge is 0.465 e. The lowest BCUT2D eigenvalue weighted by atomic mass is 9.73. The molecule has 0 unspecified atom stereocenters. The maximum absolute atomic E-state index is 12.6. The van der Waals surface area contributed by atoms with E-state index in [9.17, 15) is 4.79 Å². The summed E-state index contributed by atoms with van der Waals surface area (Å²) >= 11 is 0. The normalized spacial score (nSPS) is 19.2. The van der Waals surface area contributed by atoms with Gasteiger partial charge in [-0.05, 0) is 38.4 Å². The van der Waals surface area contributed by atoms with Crippen molar-refractivity contribution < 1.29 is 9.53 Å². The Balaban J connectivity index is 2.27. The monoisotopic (exact) mass is 305 g/mol. The van der Waals surface area contributed by atoms with Crippen molar-refractivity contribution in [2.45, 2.75) is 44.8 Å². The van der Waals surface area contributed by atoms with Crippen LogP contribution in [0.1, 0.15) is 25.3 Å². The molecule has 1 saturated heterocycles. The van der Waals surface area contributed by atoms with Gasteiger partial charge in [0.25, 0.3) is 0 Å². The quantitative estimate of drug-likeness (QED) is 0.630. The van der Waals surface area contributed by atoms with Crippen LogP contribution in [0.15, 0.2) is 30.3 Å². The van der Waals surface area contributed by atoms with Gasteiger partial charge in [0, 0.05) is 0 Å². The maximum atomic E-state index is 12.6. The van der Waals surface area contributed by atoms with Gasteiger partial charge in [0.2, 0.25) is 0 Å². The predicted molar refractivity (Wildman–Crippen MR) is 88.9 cm³/mol. The summed E-state index contributed by atoms with van der Waals surface area (Å²) in [5, 5.41) is 0. The Labute approximate surface area is 129 Å². The summed E-state index contributed by atoms with van der Waals surface area (Å²) in [5.74, 6) is -0.0496. The van der Waals surface area contributed by atoms with Crippen LogP contribution in [0, 0.1) is 0 Å². The van der Waals surface area contributed by atoms with E-state index in [2.05, 4.69) is 36.3 Å². The average molecular weight is 305 g/mol. The number of carbonyl (C=O) groups excluding carboxylic acids is 1. The van der Waals surface area contributed by atoms with Crippen molar-refractivity contribution in [3.05, 3.63) is 35.9 Å². The van der Waals surface area contributed by atoms with E-state index in [0.717, 1.165) is 31.5 Å². The third-order valence-electron chi connectivity index (χ3n) is 4.56. The molecule has 1 aromatic carbocycles. The molecule has 0 aliphatic carbocycles. The Hall–Kier alpha value is -1.13. The first kappa shape index (κ1) is 16.2. The third kappa shape index (κ3) is 3.38. The standard InChI is InChI=1S/C17H27NO2Si/c1-5-20-16(19)17(15-9-7-6-8-10-15)11-13-18(14-12-17)21(2,3)4/h6-10H,5,11-14H2,1-4H3. The Morgan fingerprint density at radius 2 is 1.76 bits per heavy atom. The minimum Gasteiger partial charge on any atom is -0.465 e. The van der Waals surface area contributed by atoms with Crippen molar-refractivity contribution in [2.24, 2.45) is 0 Å². The Morgan fingerprint density at radius 3 is 2.24 bits per heavy atom. The Morgan fingerprint density at radius 1 is 1.19 bits per heavy atom. The molecular formula is C17H27NO2Si. The molecule has 1 heterocycles. The number of rotatable bonds is 4. The van der Waals surface area contributed by atoms with Crippen LogP contribution >= 0.6 is 0 Å². The van der Waals surface area contributed by atoms with Crippen molar-refractivity contribution in [3.8, 4) is 0 Å². The molecule has 0 saturated carbocycles. The van der Waals surface area contributed by atoms with Crippen LogP contribution in [0.4, 0.5) is 0 Å². The van der Waals surface area contributed by atoms with Crippen LogP contribution in [0.5, 0.6) is 0 Å². The fraction of sp³-hybridized carbons (Fsp3) is 0.588. The number of benzene rings is 1. The van der Waals surface area contributed by atoms with Crippen molar-refractivity contribution in [1.29, 1.82) is 0 Å². The second-order valence-electron chi connectivity index (χ2n) is 6.83. The van der Waals surface area contributed by atoms with Gasteiger partial charge >= 0.3 is 5.97 Å². The average Bonchev–Trinajstić information content (AvgIpc) is 2.47. The highest BCUT2D eigenvalue weighted by molar-refractivity contribution is 6.73. The predicted octanol–water partition coefficient (Wildman–Crippen LogP) is 3.42. The molecule has 0 amide bonds. The van der Waals surface area contributed by atoms with Gasteiger partial charge in [-0.3, -0.25) is 4.79 Å². The molecule has 0 aromatic heterocycles. The lowest BCUT2D eigenvalue weighted by Crippen LogP contribution is -2.55. The van der Waals surface area contributed by atoms with Crippen LogP contribution in [-0.4, -0.2) is 38.5 Å². The van der Waals surface area contributed by atoms with Crippen LogP contribution in [0.3, 0.4) is 0 Å². The first-order valence-corrected chi connectivity index (χ1v) is 11.3. The molecule has 3 nitrogen and oxygen atoms in total. The molecule has 1 aromatic rings. The van der Waals surface area contributed by atoms with E-state index in [1.807, 2.05) is 25.1 Å². The lowest BCUT2D eigenvalue weighted by Gasteiger charge is -2.44. The van der Waals surface area contributed by atoms with Gasteiger partial charge in [-0.15, -0.1) is 0 Å². The summed E-state index contributed by atoms with van der Waals surface area (Å²) in [7, 11) is -1.29. The fourth-order valence-corrected chi connectivity index (χ4v) is 4.76. The lowest BCUT2D eigenvalue weighted by molar-refractivity contribution is -0.152.